The van der Waals surface area contributed by atoms with Crippen molar-refractivity contribution in [2.75, 3.05) is 11.1 Å². The van der Waals surface area contributed by atoms with E-state index in [2.05, 4.69) is 5.32 Å². The molecule has 0 bridgehead atoms. The van der Waals surface area contributed by atoms with E-state index in [0.717, 1.165) is 6.07 Å². The first-order valence-corrected chi connectivity index (χ1v) is 6.15. The zero-order chi connectivity index (χ0) is 14.0. The fourth-order valence-electron chi connectivity index (χ4n) is 1.61. The fourth-order valence-corrected chi connectivity index (χ4v) is 2.25. The molecule has 0 aliphatic carbocycles. The second-order valence-corrected chi connectivity index (χ2v) is 4.76. The van der Waals surface area contributed by atoms with Gasteiger partial charge >= 0.3 is 0 Å². The van der Waals surface area contributed by atoms with Gasteiger partial charge in [0.2, 0.25) is 0 Å². The maximum absolute atomic E-state index is 13.5. The van der Waals surface area contributed by atoms with Crippen molar-refractivity contribution in [1.29, 1.82) is 0 Å². The summed E-state index contributed by atoms with van der Waals surface area (Å²) in [6.45, 7) is 0.134. The molecule has 100 valence electrons. The van der Waals surface area contributed by atoms with Gasteiger partial charge in [-0.2, -0.15) is 0 Å². The maximum atomic E-state index is 13.5. The molecule has 0 spiro atoms. The molecule has 6 heteroatoms. The van der Waals surface area contributed by atoms with Gasteiger partial charge in [-0.25, -0.2) is 8.78 Å². The van der Waals surface area contributed by atoms with Crippen molar-refractivity contribution in [3.8, 4) is 0 Å². The molecule has 0 radical (unpaired) electrons. The summed E-state index contributed by atoms with van der Waals surface area (Å²) in [7, 11) is 0. The Morgan fingerprint density at radius 3 is 2.26 bits per heavy atom. The van der Waals surface area contributed by atoms with Crippen molar-refractivity contribution in [2.24, 2.45) is 0 Å². The number of benzene rings is 2. The Bertz CT molecular complexity index is 595. The van der Waals surface area contributed by atoms with Gasteiger partial charge in [-0.3, -0.25) is 0 Å². The van der Waals surface area contributed by atoms with E-state index in [-0.39, 0.29) is 6.54 Å². The van der Waals surface area contributed by atoms with Crippen molar-refractivity contribution in [2.45, 2.75) is 6.54 Å². The van der Waals surface area contributed by atoms with Gasteiger partial charge in [0.1, 0.15) is 11.6 Å². The van der Waals surface area contributed by atoms with E-state index in [9.17, 15) is 8.78 Å². The topological polar surface area (TPSA) is 38.0 Å². The lowest BCUT2D eigenvalue weighted by molar-refractivity contribution is 0.574. The Balaban J connectivity index is 2.19. The quantitative estimate of drug-likeness (QED) is 0.821. The molecule has 19 heavy (non-hydrogen) atoms. The van der Waals surface area contributed by atoms with Gasteiger partial charge in [0.15, 0.2) is 0 Å². The Morgan fingerprint density at radius 1 is 1.05 bits per heavy atom. The van der Waals surface area contributed by atoms with Crippen LogP contribution in [0.25, 0.3) is 0 Å². The molecule has 0 aliphatic heterocycles. The fraction of sp³-hybridized carbons (Fsp3) is 0.0769. The third-order valence-corrected chi connectivity index (χ3v) is 3.13. The number of halogens is 4. The molecule has 3 N–H and O–H groups in total. The number of hydrogen-bond acceptors (Lipinski definition) is 2. The van der Waals surface area contributed by atoms with Crippen LogP contribution < -0.4 is 11.1 Å². The van der Waals surface area contributed by atoms with E-state index >= 15 is 0 Å². The molecule has 0 unspecified atom stereocenters. The average Bonchev–Trinajstić information content (AvgIpc) is 2.30. The molecular weight excluding hydrogens is 293 g/mol. The molecule has 2 rings (SSSR count). The van der Waals surface area contributed by atoms with Crippen LogP contribution in [0.3, 0.4) is 0 Å². The molecule has 0 saturated heterocycles. The van der Waals surface area contributed by atoms with Crippen molar-refractivity contribution < 1.29 is 8.78 Å². The Kier molecular flexibility index (Phi) is 4.12. The van der Waals surface area contributed by atoms with Crippen LogP contribution in [0.2, 0.25) is 10.0 Å². The first kappa shape index (κ1) is 13.9. The molecule has 2 aromatic carbocycles. The summed E-state index contributed by atoms with van der Waals surface area (Å²) in [6, 6.07) is 6.44. The summed E-state index contributed by atoms with van der Waals surface area (Å²) in [5.74, 6) is -1.25. The highest BCUT2D eigenvalue weighted by Crippen LogP contribution is 2.33. The van der Waals surface area contributed by atoms with Gasteiger partial charge in [-0.05, 0) is 18.2 Å². The lowest BCUT2D eigenvalue weighted by Crippen LogP contribution is -2.03. The second-order valence-electron chi connectivity index (χ2n) is 3.95. The Hall–Kier alpha value is -1.52. The van der Waals surface area contributed by atoms with E-state index in [1.54, 1.807) is 0 Å². The number of anilines is 2. The number of nitrogens with one attached hydrogen (secondary N) is 1. The van der Waals surface area contributed by atoms with Gasteiger partial charge in [-0.1, -0.05) is 29.3 Å². The molecule has 0 fully saturated rings. The van der Waals surface area contributed by atoms with Crippen LogP contribution in [0, 0.1) is 11.6 Å². The highest BCUT2D eigenvalue weighted by Gasteiger charge is 2.09. The zero-order valence-corrected chi connectivity index (χ0v) is 11.2. The smallest absolute Gasteiger partial charge is 0.131 e. The Labute approximate surface area is 119 Å². The third-order valence-electron chi connectivity index (χ3n) is 2.54. The standard InChI is InChI=1S/C13H10Cl2F2N2/c14-10-4-9(18)5-11(15)13(10)19-6-7-1-2-8(16)3-12(7)17/h1-5,19H,6,18H2. The molecule has 0 atom stereocenters. The summed E-state index contributed by atoms with van der Waals surface area (Å²) >= 11 is 12.0. The summed E-state index contributed by atoms with van der Waals surface area (Å²) in [5.41, 5.74) is 6.79. The van der Waals surface area contributed by atoms with Crippen molar-refractivity contribution >= 4 is 34.6 Å². The molecular formula is C13H10Cl2F2N2. The minimum atomic E-state index is -0.629. The van der Waals surface area contributed by atoms with Gasteiger partial charge in [0, 0.05) is 23.9 Å². The summed E-state index contributed by atoms with van der Waals surface area (Å²) < 4.78 is 26.2. The van der Waals surface area contributed by atoms with Gasteiger partial charge in [0.25, 0.3) is 0 Å². The molecule has 0 heterocycles. The van der Waals surface area contributed by atoms with Gasteiger partial charge in [-0.15, -0.1) is 0 Å². The lowest BCUT2D eigenvalue weighted by atomic mass is 10.2. The predicted octanol–water partition coefficient (Wildman–Crippen LogP) is 4.47. The van der Waals surface area contributed by atoms with Crippen molar-refractivity contribution in [1.82, 2.24) is 0 Å². The van der Waals surface area contributed by atoms with Crippen LogP contribution in [0.1, 0.15) is 5.56 Å². The van der Waals surface area contributed by atoms with Crippen LogP contribution in [0.4, 0.5) is 20.2 Å². The number of nitrogen functional groups attached to an aromatic ring is 1. The van der Waals surface area contributed by atoms with Gasteiger partial charge in [0.05, 0.1) is 15.7 Å². The SMILES string of the molecule is Nc1cc(Cl)c(NCc2ccc(F)cc2F)c(Cl)c1. The third kappa shape index (κ3) is 3.28. The molecule has 2 nitrogen and oxygen atoms in total. The summed E-state index contributed by atoms with van der Waals surface area (Å²) in [4.78, 5) is 0. The number of rotatable bonds is 3. The van der Waals surface area contributed by atoms with Crippen LogP contribution in [0.5, 0.6) is 0 Å². The normalized spacial score (nSPS) is 10.5. The lowest BCUT2D eigenvalue weighted by Gasteiger charge is -2.11. The summed E-state index contributed by atoms with van der Waals surface area (Å²) in [5, 5.41) is 3.58. The largest absolute Gasteiger partial charge is 0.399 e. The summed E-state index contributed by atoms with van der Waals surface area (Å²) in [6.07, 6.45) is 0. The molecule has 0 saturated carbocycles. The van der Waals surface area contributed by atoms with Crippen LogP contribution in [0.15, 0.2) is 30.3 Å². The van der Waals surface area contributed by atoms with E-state index in [4.69, 9.17) is 28.9 Å². The molecule has 0 aliphatic rings. The highest BCUT2D eigenvalue weighted by atomic mass is 35.5. The monoisotopic (exact) mass is 302 g/mol. The number of hydrogen-bond donors (Lipinski definition) is 2. The van der Waals surface area contributed by atoms with Crippen LogP contribution in [-0.2, 0) is 6.54 Å². The van der Waals surface area contributed by atoms with Crippen LogP contribution in [-0.4, -0.2) is 0 Å². The van der Waals surface area contributed by atoms with Crippen molar-refractivity contribution in [3.63, 3.8) is 0 Å². The molecule has 0 aromatic heterocycles. The van der Waals surface area contributed by atoms with Crippen LogP contribution >= 0.6 is 23.2 Å². The van der Waals surface area contributed by atoms with E-state index < -0.39 is 11.6 Å². The Morgan fingerprint density at radius 2 is 1.68 bits per heavy atom. The highest BCUT2D eigenvalue weighted by molar-refractivity contribution is 6.39. The van der Waals surface area contributed by atoms with Gasteiger partial charge < -0.3 is 11.1 Å². The first-order valence-electron chi connectivity index (χ1n) is 5.39. The zero-order valence-electron chi connectivity index (χ0n) is 9.68. The predicted molar refractivity (Wildman–Crippen MR) is 74.6 cm³/mol. The number of nitrogens with two attached hydrogens (primary N) is 1. The molecule has 0 amide bonds. The van der Waals surface area contributed by atoms with E-state index in [1.165, 1.54) is 24.3 Å². The van der Waals surface area contributed by atoms with E-state index in [1.807, 2.05) is 0 Å². The minimum absolute atomic E-state index is 0.134. The first-order chi connectivity index (χ1) is 8.97. The minimum Gasteiger partial charge on any atom is -0.399 e. The maximum Gasteiger partial charge on any atom is 0.131 e. The molecule has 2 aromatic rings. The second kappa shape index (κ2) is 5.63. The van der Waals surface area contributed by atoms with Crippen molar-refractivity contribution in [3.05, 3.63) is 57.6 Å². The van der Waals surface area contributed by atoms with E-state index in [0.29, 0.717) is 27.0 Å². The average molecular weight is 303 g/mol.